The zero-order valence-corrected chi connectivity index (χ0v) is 21.1. The summed E-state index contributed by atoms with van der Waals surface area (Å²) in [4.78, 5) is 35.9. The number of rotatable bonds is 8. The summed E-state index contributed by atoms with van der Waals surface area (Å²) in [7, 11) is -0.833. The van der Waals surface area contributed by atoms with Crippen LogP contribution >= 0.6 is 0 Å². The molecule has 3 aromatic carbocycles. The molecule has 0 atom stereocenters. The predicted octanol–water partition coefficient (Wildman–Crippen LogP) is 3.99. The van der Waals surface area contributed by atoms with Crippen LogP contribution in [0.1, 0.15) is 28.3 Å². The SMILES string of the molecule is Cc1ccnc(C(=O)CC(=O)N(Cc2ccc3ccccc3c2)c2cccc(S(=O)(=O)N(C)C)c2)n1. The van der Waals surface area contributed by atoms with E-state index < -0.39 is 28.1 Å². The molecular weight excluding hydrogens is 476 g/mol. The van der Waals surface area contributed by atoms with Crippen molar-refractivity contribution in [1.29, 1.82) is 0 Å². The number of hydrogen-bond donors (Lipinski definition) is 0. The van der Waals surface area contributed by atoms with Crippen molar-refractivity contribution in [1.82, 2.24) is 14.3 Å². The highest BCUT2D eigenvalue weighted by atomic mass is 32.2. The summed E-state index contributed by atoms with van der Waals surface area (Å²) in [6.07, 6.45) is 1.02. The highest BCUT2D eigenvalue weighted by Gasteiger charge is 2.24. The minimum atomic E-state index is -3.72. The molecule has 8 nitrogen and oxygen atoms in total. The zero-order chi connectivity index (χ0) is 25.9. The van der Waals surface area contributed by atoms with E-state index in [4.69, 9.17) is 0 Å². The first kappa shape index (κ1) is 25.2. The van der Waals surface area contributed by atoms with Gasteiger partial charge in [-0.3, -0.25) is 9.59 Å². The molecule has 0 bridgehead atoms. The number of hydrogen-bond acceptors (Lipinski definition) is 6. The Labute approximate surface area is 210 Å². The van der Waals surface area contributed by atoms with E-state index in [1.165, 1.54) is 37.3 Å². The first-order valence-corrected chi connectivity index (χ1v) is 12.7. The molecule has 0 aliphatic rings. The second-order valence-corrected chi connectivity index (χ2v) is 10.7. The predicted molar refractivity (Wildman–Crippen MR) is 138 cm³/mol. The van der Waals surface area contributed by atoms with Crippen LogP contribution in [0, 0.1) is 6.92 Å². The largest absolute Gasteiger partial charge is 0.308 e. The molecule has 0 saturated carbocycles. The Morgan fingerprint density at radius 3 is 2.36 bits per heavy atom. The van der Waals surface area contributed by atoms with Crippen LogP contribution < -0.4 is 4.90 Å². The molecule has 4 aromatic rings. The summed E-state index contributed by atoms with van der Waals surface area (Å²) in [6, 6.07) is 21.5. The number of benzene rings is 3. The lowest BCUT2D eigenvalue weighted by atomic mass is 10.1. The molecule has 9 heteroatoms. The van der Waals surface area contributed by atoms with Crippen molar-refractivity contribution < 1.29 is 18.0 Å². The summed E-state index contributed by atoms with van der Waals surface area (Å²) in [6.45, 7) is 1.89. The highest BCUT2D eigenvalue weighted by molar-refractivity contribution is 7.89. The van der Waals surface area contributed by atoms with Gasteiger partial charge in [0, 0.05) is 31.7 Å². The topological polar surface area (TPSA) is 101 Å². The van der Waals surface area contributed by atoms with Gasteiger partial charge in [0.15, 0.2) is 5.82 Å². The Morgan fingerprint density at radius 1 is 0.889 bits per heavy atom. The number of nitrogens with zero attached hydrogens (tertiary/aromatic N) is 4. The summed E-state index contributed by atoms with van der Waals surface area (Å²) in [5.41, 5.74) is 1.83. The third kappa shape index (κ3) is 5.48. The molecule has 184 valence electrons. The van der Waals surface area contributed by atoms with Crippen LogP contribution in [0.3, 0.4) is 0 Å². The lowest BCUT2D eigenvalue weighted by Crippen LogP contribution is -2.32. The van der Waals surface area contributed by atoms with Gasteiger partial charge < -0.3 is 4.90 Å². The highest BCUT2D eigenvalue weighted by Crippen LogP contribution is 2.25. The molecule has 0 N–H and O–H groups in total. The van der Waals surface area contributed by atoms with Crippen molar-refractivity contribution >= 4 is 38.2 Å². The molecule has 1 heterocycles. The summed E-state index contributed by atoms with van der Waals surface area (Å²) in [5.74, 6) is -1.03. The maximum absolute atomic E-state index is 13.5. The first-order chi connectivity index (χ1) is 17.1. The number of amides is 1. The molecule has 0 spiro atoms. The molecule has 0 radical (unpaired) electrons. The Morgan fingerprint density at radius 2 is 1.64 bits per heavy atom. The molecule has 0 saturated heterocycles. The lowest BCUT2D eigenvalue weighted by Gasteiger charge is -2.24. The van der Waals surface area contributed by atoms with E-state index >= 15 is 0 Å². The molecule has 0 fully saturated rings. The van der Waals surface area contributed by atoms with Crippen LogP contribution in [-0.4, -0.2) is 48.5 Å². The fourth-order valence-corrected chi connectivity index (χ4v) is 4.70. The number of aryl methyl sites for hydroxylation is 1. The molecule has 0 aliphatic carbocycles. The number of Topliss-reactive ketones (excluding diaryl/α,β-unsaturated/α-hetero) is 1. The molecule has 1 aromatic heterocycles. The van der Waals surface area contributed by atoms with Gasteiger partial charge >= 0.3 is 0 Å². The van der Waals surface area contributed by atoms with Crippen molar-refractivity contribution in [2.75, 3.05) is 19.0 Å². The van der Waals surface area contributed by atoms with Crippen molar-refractivity contribution in [3.8, 4) is 0 Å². The van der Waals surface area contributed by atoms with Crippen LogP contribution in [-0.2, 0) is 21.4 Å². The van der Waals surface area contributed by atoms with Crippen molar-refractivity contribution in [3.63, 3.8) is 0 Å². The van der Waals surface area contributed by atoms with Crippen molar-refractivity contribution in [3.05, 3.63) is 96.1 Å². The number of ketones is 1. The Bertz CT molecular complexity index is 1550. The van der Waals surface area contributed by atoms with Gasteiger partial charge in [0.05, 0.1) is 17.9 Å². The average Bonchev–Trinajstić information content (AvgIpc) is 2.87. The van der Waals surface area contributed by atoms with E-state index in [9.17, 15) is 18.0 Å². The molecule has 1 amide bonds. The van der Waals surface area contributed by atoms with E-state index in [1.54, 1.807) is 25.1 Å². The molecule has 36 heavy (non-hydrogen) atoms. The van der Waals surface area contributed by atoms with Gasteiger partial charge in [-0.25, -0.2) is 22.7 Å². The average molecular weight is 503 g/mol. The zero-order valence-electron chi connectivity index (χ0n) is 20.2. The van der Waals surface area contributed by atoms with E-state index in [0.717, 1.165) is 20.6 Å². The number of sulfonamides is 1. The maximum atomic E-state index is 13.5. The minimum Gasteiger partial charge on any atom is -0.308 e. The number of anilines is 1. The second-order valence-electron chi connectivity index (χ2n) is 8.57. The van der Waals surface area contributed by atoms with Gasteiger partial charge in [-0.15, -0.1) is 0 Å². The van der Waals surface area contributed by atoms with Crippen LogP contribution in [0.15, 0.2) is 83.9 Å². The third-order valence-electron chi connectivity index (χ3n) is 5.72. The monoisotopic (exact) mass is 502 g/mol. The van der Waals surface area contributed by atoms with Crippen LogP contribution in [0.4, 0.5) is 5.69 Å². The quantitative estimate of drug-likeness (QED) is 0.267. The van der Waals surface area contributed by atoms with Crippen LogP contribution in [0.5, 0.6) is 0 Å². The number of fused-ring (bicyclic) bond motifs is 1. The van der Waals surface area contributed by atoms with Crippen molar-refractivity contribution in [2.45, 2.75) is 24.8 Å². The Kier molecular flexibility index (Phi) is 7.23. The van der Waals surface area contributed by atoms with E-state index in [0.29, 0.717) is 11.4 Å². The number of carbonyl (C=O) groups is 2. The number of carbonyl (C=O) groups excluding carboxylic acids is 2. The fraction of sp³-hybridized carbons (Fsp3) is 0.185. The van der Waals surface area contributed by atoms with E-state index in [2.05, 4.69) is 9.97 Å². The second kappa shape index (κ2) is 10.3. The minimum absolute atomic E-state index is 0.0297. The molecular formula is C27H26N4O4S. The lowest BCUT2D eigenvalue weighted by molar-refractivity contribution is -0.117. The van der Waals surface area contributed by atoms with Gasteiger partial charge in [0.2, 0.25) is 21.7 Å². The standard InChI is InChI=1S/C27H26N4O4S/c1-19-13-14-28-27(29-19)25(32)17-26(33)31(18-20-11-12-21-7-4-5-8-22(21)15-20)23-9-6-10-24(16-23)36(34,35)30(2)3/h4-16H,17-18H2,1-3H3. The fourth-order valence-electron chi connectivity index (χ4n) is 3.76. The van der Waals surface area contributed by atoms with Gasteiger partial charge in [0.25, 0.3) is 0 Å². The Hall–Kier alpha value is -3.95. The maximum Gasteiger partial charge on any atom is 0.242 e. The molecule has 0 unspecified atom stereocenters. The third-order valence-corrected chi connectivity index (χ3v) is 7.53. The van der Waals surface area contributed by atoms with Gasteiger partial charge in [0.1, 0.15) is 0 Å². The summed E-state index contributed by atoms with van der Waals surface area (Å²) in [5, 5.41) is 2.07. The summed E-state index contributed by atoms with van der Waals surface area (Å²) < 4.78 is 26.6. The normalized spacial score (nSPS) is 11.6. The summed E-state index contributed by atoms with van der Waals surface area (Å²) >= 11 is 0. The van der Waals surface area contributed by atoms with E-state index in [-0.39, 0.29) is 17.3 Å². The van der Waals surface area contributed by atoms with Crippen LogP contribution in [0.25, 0.3) is 10.8 Å². The smallest absolute Gasteiger partial charge is 0.242 e. The Balaban J connectivity index is 1.71. The molecule has 0 aliphatic heterocycles. The van der Waals surface area contributed by atoms with Crippen LogP contribution in [0.2, 0.25) is 0 Å². The van der Waals surface area contributed by atoms with Gasteiger partial charge in [-0.1, -0.05) is 42.5 Å². The van der Waals surface area contributed by atoms with E-state index in [1.807, 2.05) is 42.5 Å². The first-order valence-electron chi connectivity index (χ1n) is 11.3. The number of aromatic nitrogens is 2. The molecule has 4 rings (SSSR count). The van der Waals surface area contributed by atoms with Gasteiger partial charge in [-0.05, 0) is 53.6 Å². The van der Waals surface area contributed by atoms with Crippen molar-refractivity contribution in [2.24, 2.45) is 0 Å². The van der Waals surface area contributed by atoms with Gasteiger partial charge in [-0.2, -0.15) is 0 Å².